The molecule has 4 N–H and O–H groups in total. The maximum Gasteiger partial charge on any atom is 0.251 e. The fourth-order valence-corrected chi connectivity index (χ4v) is 2.37. The highest BCUT2D eigenvalue weighted by Gasteiger charge is 2.16. The van der Waals surface area contributed by atoms with Crippen molar-refractivity contribution in [1.29, 1.82) is 0 Å². The number of benzene rings is 1. The zero-order valence-corrected chi connectivity index (χ0v) is 14.0. The van der Waals surface area contributed by atoms with Crippen LogP contribution in [0.15, 0.2) is 12.1 Å². The minimum absolute atomic E-state index is 0.0611. The third kappa shape index (κ3) is 4.93. The van der Waals surface area contributed by atoms with Crippen LogP contribution < -0.4 is 16.4 Å². The summed E-state index contributed by atoms with van der Waals surface area (Å²) in [5, 5.41) is 6.11. The van der Waals surface area contributed by atoms with E-state index in [2.05, 4.69) is 24.5 Å². The number of Topliss-reactive ketones (excluding diaryl/α,β-unsaturated/α-hetero) is 1. The van der Waals surface area contributed by atoms with Gasteiger partial charge in [-0.05, 0) is 30.2 Å². The zero-order valence-electron chi connectivity index (χ0n) is 14.0. The van der Waals surface area contributed by atoms with Gasteiger partial charge in [0.15, 0.2) is 5.78 Å². The molecule has 0 aliphatic carbocycles. The summed E-state index contributed by atoms with van der Waals surface area (Å²) in [6, 6.07) is 3.87. The zero-order chi connectivity index (χ0) is 16.7. The molecule has 5 heteroatoms. The fourth-order valence-electron chi connectivity index (χ4n) is 2.37. The Kier molecular flexibility index (Phi) is 7.21. The number of hydrogen-bond donors (Lipinski definition) is 3. The van der Waals surface area contributed by atoms with Gasteiger partial charge >= 0.3 is 0 Å². The summed E-state index contributed by atoms with van der Waals surface area (Å²) in [5.41, 5.74) is 8.49. The number of amides is 1. The topological polar surface area (TPSA) is 84.2 Å². The van der Waals surface area contributed by atoms with E-state index in [1.165, 1.54) is 0 Å². The lowest BCUT2D eigenvalue weighted by Crippen LogP contribution is -2.34. The van der Waals surface area contributed by atoms with Crippen molar-refractivity contribution < 1.29 is 9.59 Å². The lowest BCUT2D eigenvalue weighted by molar-refractivity contribution is 0.0949. The van der Waals surface area contributed by atoms with Gasteiger partial charge in [-0.25, -0.2) is 0 Å². The molecule has 0 saturated carbocycles. The molecule has 1 rings (SSSR count). The lowest BCUT2D eigenvalue weighted by atomic mass is 9.94. The average molecular weight is 305 g/mol. The molecule has 5 nitrogen and oxygen atoms in total. The van der Waals surface area contributed by atoms with Gasteiger partial charge in [0.1, 0.15) is 0 Å². The predicted octanol–water partition coefficient (Wildman–Crippen LogP) is 1.77. The molecule has 0 aliphatic heterocycles. The lowest BCUT2D eigenvalue weighted by Gasteiger charge is -2.13. The first-order chi connectivity index (χ1) is 10.4. The van der Waals surface area contributed by atoms with Gasteiger partial charge in [0.05, 0.1) is 0 Å². The minimum Gasteiger partial charge on any atom is -0.351 e. The Balaban J connectivity index is 2.86. The molecular formula is C17H27N3O2. The minimum atomic E-state index is -0.140. The van der Waals surface area contributed by atoms with Crippen LogP contribution in [-0.4, -0.2) is 30.8 Å². The smallest absolute Gasteiger partial charge is 0.251 e. The third-order valence-electron chi connectivity index (χ3n) is 3.46. The van der Waals surface area contributed by atoms with E-state index < -0.39 is 0 Å². The molecule has 122 valence electrons. The number of carbonyl (C=O) groups is 2. The Morgan fingerprint density at radius 2 is 1.91 bits per heavy atom. The molecule has 0 bridgehead atoms. The molecule has 0 heterocycles. The highest BCUT2D eigenvalue weighted by Crippen LogP contribution is 2.19. The van der Waals surface area contributed by atoms with Crippen LogP contribution in [0.2, 0.25) is 0 Å². The number of ketones is 1. The second kappa shape index (κ2) is 8.66. The quantitative estimate of drug-likeness (QED) is 0.505. The number of rotatable bonds is 8. The summed E-state index contributed by atoms with van der Waals surface area (Å²) in [6.07, 6.45) is 0.431. The van der Waals surface area contributed by atoms with Gasteiger partial charge in [-0.15, -0.1) is 0 Å². The van der Waals surface area contributed by atoms with Gasteiger partial charge in [-0.3, -0.25) is 9.59 Å². The highest BCUT2D eigenvalue weighted by molar-refractivity contribution is 6.01. The maximum atomic E-state index is 12.2. The second-order valence-electron chi connectivity index (χ2n) is 5.67. The van der Waals surface area contributed by atoms with Crippen LogP contribution in [0, 0.1) is 6.92 Å². The van der Waals surface area contributed by atoms with Gasteiger partial charge in [0, 0.05) is 43.2 Å². The fraction of sp³-hybridized carbons (Fsp3) is 0.529. The van der Waals surface area contributed by atoms with Crippen LogP contribution in [0.1, 0.15) is 59.0 Å². The number of nitrogens with two attached hydrogens (primary N) is 1. The molecule has 0 radical (unpaired) electrons. The largest absolute Gasteiger partial charge is 0.351 e. The van der Waals surface area contributed by atoms with E-state index in [1.54, 1.807) is 12.1 Å². The molecule has 0 spiro atoms. The standard InChI is InChI=1S/C17H27N3O2/c1-5-15(21)16-12(4)8-13(9-14(16)10-18)17(22)20-7-6-19-11(2)3/h8-9,11,19H,5-7,10,18H2,1-4H3,(H,20,22). The molecule has 1 amide bonds. The average Bonchev–Trinajstić information content (AvgIpc) is 2.49. The summed E-state index contributed by atoms with van der Waals surface area (Å²) in [5.74, 6) is -0.0788. The molecule has 22 heavy (non-hydrogen) atoms. The van der Waals surface area contributed by atoms with E-state index >= 15 is 0 Å². The molecular weight excluding hydrogens is 278 g/mol. The van der Waals surface area contributed by atoms with Crippen LogP contribution in [0.4, 0.5) is 0 Å². The van der Waals surface area contributed by atoms with E-state index in [4.69, 9.17) is 5.73 Å². The summed E-state index contributed by atoms with van der Waals surface area (Å²) in [4.78, 5) is 24.2. The van der Waals surface area contributed by atoms with Gasteiger partial charge in [-0.2, -0.15) is 0 Å². The first-order valence-corrected chi connectivity index (χ1v) is 7.79. The first-order valence-electron chi connectivity index (χ1n) is 7.79. The summed E-state index contributed by atoms with van der Waals surface area (Å²) >= 11 is 0. The van der Waals surface area contributed by atoms with Crippen LogP contribution in [0.25, 0.3) is 0 Å². The number of hydrogen-bond acceptors (Lipinski definition) is 4. The summed E-state index contributed by atoms with van der Waals surface area (Å²) in [6.45, 7) is 9.31. The molecule has 0 atom stereocenters. The van der Waals surface area contributed by atoms with Gasteiger partial charge in [0.25, 0.3) is 5.91 Å². The number of carbonyl (C=O) groups excluding carboxylic acids is 2. The number of aryl methyl sites for hydroxylation is 1. The molecule has 0 saturated heterocycles. The van der Waals surface area contributed by atoms with E-state index in [-0.39, 0.29) is 18.2 Å². The van der Waals surface area contributed by atoms with E-state index in [9.17, 15) is 9.59 Å². The van der Waals surface area contributed by atoms with Crippen LogP contribution in [-0.2, 0) is 6.54 Å². The van der Waals surface area contributed by atoms with Crippen molar-refractivity contribution in [2.24, 2.45) is 5.73 Å². The molecule has 1 aromatic carbocycles. The Morgan fingerprint density at radius 3 is 2.45 bits per heavy atom. The van der Waals surface area contributed by atoms with Crippen molar-refractivity contribution in [3.05, 3.63) is 34.4 Å². The molecule has 0 fully saturated rings. The Labute approximate surface area is 132 Å². The second-order valence-corrected chi connectivity index (χ2v) is 5.67. The van der Waals surface area contributed by atoms with E-state index in [1.807, 2.05) is 13.8 Å². The van der Waals surface area contributed by atoms with Crippen molar-refractivity contribution in [3.8, 4) is 0 Å². The van der Waals surface area contributed by atoms with Crippen molar-refractivity contribution in [3.63, 3.8) is 0 Å². The molecule has 0 aliphatic rings. The van der Waals surface area contributed by atoms with E-state index in [0.29, 0.717) is 30.1 Å². The van der Waals surface area contributed by atoms with E-state index in [0.717, 1.165) is 17.7 Å². The van der Waals surface area contributed by atoms with Crippen LogP contribution in [0.3, 0.4) is 0 Å². The van der Waals surface area contributed by atoms with Crippen LogP contribution >= 0.6 is 0 Å². The Morgan fingerprint density at radius 1 is 1.23 bits per heavy atom. The monoisotopic (exact) mass is 305 g/mol. The Bertz CT molecular complexity index is 539. The maximum absolute atomic E-state index is 12.2. The highest BCUT2D eigenvalue weighted by atomic mass is 16.1. The van der Waals surface area contributed by atoms with Crippen molar-refractivity contribution in [1.82, 2.24) is 10.6 Å². The SMILES string of the molecule is CCC(=O)c1c(C)cc(C(=O)NCCNC(C)C)cc1CN. The van der Waals surface area contributed by atoms with Gasteiger partial charge in [0.2, 0.25) is 0 Å². The van der Waals surface area contributed by atoms with Crippen molar-refractivity contribution >= 4 is 11.7 Å². The molecule has 1 aromatic rings. The van der Waals surface area contributed by atoms with Crippen molar-refractivity contribution in [2.45, 2.75) is 46.7 Å². The summed E-state index contributed by atoms with van der Waals surface area (Å²) in [7, 11) is 0. The number of nitrogens with one attached hydrogen (secondary N) is 2. The van der Waals surface area contributed by atoms with Gasteiger partial charge in [-0.1, -0.05) is 20.8 Å². The Hall–Kier alpha value is -1.72. The third-order valence-corrected chi connectivity index (χ3v) is 3.46. The first kappa shape index (κ1) is 18.3. The van der Waals surface area contributed by atoms with Gasteiger partial charge < -0.3 is 16.4 Å². The molecule has 0 aromatic heterocycles. The molecule has 0 unspecified atom stereocenters. The summed E-state index contributed by atoms with van der Waals surface area (Å²) < 4.78 is 0. The predicted molar refractivity (Wildman–Crippen MR) is 89.2 cm³/mol. The van der Waals surface area contributed by atoms with Crippen molar-refractivity contribution in [2.75, 3.05) is 13.1 Å². The van der Waals surface area contributed by atoms with Crippen LogP contribution in [0.5, 0.6) is 0 Å². The normalized spacial score (nSPS) is 10.8.